The summed E-state index contributed by atoms with van der Waals surface area (Å²) in [5.74, 6) is 0.338. The molecule has 6 nitrogen and oxygen atoms in total. The second kappa shape index (κ2) is 5.41. The van der Waals surface area contributed by atoms with Gasteiger partial charge >= 0.3 is 0 Å². The van der Waals surface area contributed by atoms with Crippen molar-refractivity contribution in [2.75, 3.05) is 11.1 Å². The van der Waals surface area contributed by atoms with Crippen LogP contribution in [0.2, 0.25) is 5.02 Å². The summed E-state index contributed by atoms with van der Waals surface area (Å²) in [6.45, 7) is 0. The number of benzene rings is 1. The monoisotopic (exact) mass is 342 g/mol. The summed E-state index contributed by atoms with van der Waals surface area (Å²) in [5.41, 5.74) is 6.03. The first-order valence-corrected chi connectivity index (χ1v) is 6.27. The fourth-order valence-corrected chi connectivity index (χ4v) is 1.98. The SMILES string of the molecule is Nc1cc([N+](=O)[O-])cc(Nc2cccc(Cl)c2Br)n1. The Morgan fingerprint density at radius 2 is 2.16 bits per heavy atom. The summed E-state index contributed by atoms with van der Waals surface area (Å²) in [6, 6.07) is 7.71. The predicted molar refractivity (Wildman–Crippen MR) is 77.7 cm³/mol. The van der Waals surface area contributed by atoms with Gasteiger partial charge in [-0.3, -0.25) is 10.1 Å². The Morgan fingerprint density at radius 3 is 2.84 bits per heavy atom. The number of hydrogen-bond donors (Lipinski definition) is 2. The molecular weight excluding hydrogens is 336 g/mol. The number of nitrogen functional groups attached to an aromatic ring is 1. The van der Waals surface area contributed by atoms with Crippen LogP contribution in [-0.4, -0.2) is 9.91 Å². The fourth-order valence-electron chi connectivity index (χ4n) is 1.44. The smallest absolute Gasteiger partial charge is 0.276 e. The summed E-state index contributed by atoms with van der Waals surface area (Å²) in [5, 5.41) is 14.2. The van der Waals surface area contributed by atoms with Gasteiger partial charge in [0.2, 0.25) is 0 Å². The van der Waals surface area contributed by atoms with Gasteiger partial charge in [-0.2, -0.15) is 0 Å². The lowest BCUT2D eigenvalue weighted by Crippen LogP contribution is -2.00. The van der Waals surface area contributed by atoms with Crippen LogP contribution in [-0.2, 0) is 0 Å². The van der Waals surface area contributed by atoms with Gasteiger partial charge in [-0.05, 0) is 28.1 Å². The molecule has 1 aromatic heterocycles. The van der Waals surface area contributed by atoms with Crippen LogP contribution in [0.5, 0.6) is 0 Å². The third-order valence-electron chi connectivity index (χ3n) is 2.26. The largest absolute Gasteiger partial charge is 0.383 e. The molecule has 0 radical (unpaired) electrons. The number of rotatable bonds is 3. The van der Waals surface area contributed by atoms with E-state index < -0.39 is 4.92 Å². The maximum absolute atomic E-state index is 10.7. The summed E-state index contributed by atoms with van der Waals surface area (Å²) >= 11 is 9.27. The van der Waals surface area contributed by atoms with Gasteiger partial charge in [-0.1, -0.05) is 17.7 Å². The summed E-state index contributed by atoms with van der Waals surface area (Å²) < 4.78 is 0.642. The number of nitrogens with zero attached hydrogens (tertiary/aromatic N) is 2. The molecule has 2 aromatic rings. The van der Waals surface area contributed by atoms with Gasteiger partial charge in [-0.25, -0.2) is 4.98 Å². The molecule has 0 fully saturated rings. The highest BCUT2D eigenvalue weighted by Gasteiger charge is 2.11. The minimum atomic E-state index is -0.532. The second-order valence-electron chi connectivity index (χ2n) is 3.62. The Hall–Kier alpha value is -1.86. The molecule has 0 amide bonds. The second-order valence-corrected chi connectivity index (χ2v) is 4.82. The highest BCUT2D eigenvalue weighted by atomic mass is 79.9. The minimum absolute atomic E-state index is 0.0647. The zero-order valence-electron chi connectivity index (χ0n) is 9.43. The molecule has 0 atom stereocenters. The van der Waals surface area contributed by atoms with Crippen LogP contribution in [0.3, 0.4) is 0 Å². The van der Waals surface area contributed by atoms with Crippen molar-refractivity contribution in [3.63, 3.8) is 0 Å². The molecule has 0 bridgehead atoms. The van der Waals surface area contributed by atoms with Gasteiger partial charge in [-0.15, -0.1) is 0 Å². The number of pyridine rings is 1. The number of nitrogens with one attached hydrogen (secondary N) is 1. The van der Waals surface area contributed by atoms with Gasteiger partial charge in [0, 0.05) is 0 Å². The van der Waals surface area contributed by atoms with Gasteiger partial charge in [0.25, 0.3) is 5.69 Å². The van der Waals surface area contributed by atoms with Crippen LogP contribution in [0.1, 0.15) is 0 Å². The zero-order chi connectivity index (χ0) is 14.0. The quantitative estimate of drug-likeness (QED) is 0.654. The number of nitrogens with two attached hydrogens (primary N) is 1. The average molecular weight is 344 g/mol. The topological polar surface area (TPSA) is 94.1 Å². The molecule has 0 saturated carbocycles. The summed E-state index contributed by atoms with van der Waals surface area (Å²) in [7, 11) is 0. The molecule has 98 valence electrons. The summed E-state index contributed by atoms with van der Waals surface area (Å²) in [4.78, 5) is 14.2. The van der Waals surface area contributed by atoms with Gasteiger partial charge in [0.1, 0.15) is 11.6 Å². The van der Waals surface area contributed by atoms with E-state index in [2.05, 4.69) is 26.2 Å². The maximum Gasteiger partial charge on any atom is 0.276 e. The highest BCUT2D eigenvalue weighted by Crippen LogP contribution is 2.32. The zero-order valence-corrected chi connectivity index (χ0v) is 11.8. The first-order valence-electron chi connectivity index (χ1n) is 5.10. The Labute approximate surface area is 121 Å². The van der Waals surface area contributed by atoms with Crippen LogP contribution >= 0.6 is 27.5 Å². The standard InChI is InChI=1S/C11H8BrClN4O2/c12-11-7(13)2-1-3-8(11)15-10-5-6(17(18)19)4-9(14)16-10/h1-5H,(H3,14,15,16). The Morgan fingerprint density at radius 1 is 1.42 bits per heavy atom. The van der Waals surface area contributed by atoms with Crippen molar-refractivity contribution in [1.29, 1.82) is 0 Å². The van der Waals surface area contributed by atoms with Crippen molar-refractivity contribution < 1.29 is 4.92 Å². The molecule has 2 rings (SSSR count). The van der Waals surface area contributed by atoms with Crippen LogP contribution < -0.4 is 11.1 Å². The van der Waals surface area contributed by atoms with E-state index in [0.29, 0.717) is 15.2 Å². The third kappa shape index (κ3) is 3.12. The van der Waals surface area contributed by atoms with Crippen LogP contribution in [0, 0.1) is 10.1 Å². The Balaban J connectivity index is 2.38. The third-order valence-corrected chi connectivity index (χ3v) is 3.65. The maximum atomic E-state index is 10.7. The van der Waals surface area contributed by atoms with E-state index in [1.165, 1.54) is 12.1 Å². The molecule has 19 heavy (non-hydrogen) atoms. The van der Waals surface area contributed by atoms with Gasteiger partial charge in [0.05, 0.1) is 32.2 Å². The van der Waals surface area contributed by atoms with Crippen molar-refractivity contribution in [3.05, 3.63) is 49.9 Å². The van der Waals surface area contributed by atoms with Crippen molar-refractivity contribution in [1.82, 2.24) is 4.98 Å². The normalized spacial score (nSPS) is 10.2. The summed E-state index contributed by atoms with van der Waals surface area (Å²) in [6.07, 6.45) is 0. The van der Waals surface area contributed by atoms with Crippen molar-refractivity contribution in [2.24, 2.45) is 0 Å². The van der Waals surface area contributed by atoms with Gasteiger partial charge < -0.3 is 11.1 Å². The molecule has 0 spiro atoms. The number of anilines is 3. The van der Waals surface area contributed by atoms with Crippen molar-refractivity contribution in [3.8, 4) is 0 Å². The van der Waals surface area contributed by atoms with Crippen molar-refractivity contribution >= 4 is 50.5 Å². The molecule has 0 saturated heterocycles. The van der Waals surface area contributed by atoms with E-state index >= 15 is 0 Å². The average Bonchev–Trinajstić information content (AvgIpc) is 2.34. The predicted octanol–water partition coefficient (Wildman–Crippen LogP) is 3.73. The lowest BCUT2D eigenvalue weighted by Gasteiger charge is -2.09. The van der Waals surface area contributed by atoms with E-state index in [-0.39, 0.29) is 17.3 Å². The van der Waals surface area contributed by atoms with Crippen molar-refractivity contribution in [2.45, 2.75) is 0 Å². The molecule has 8 heteroatoms. The molecule has 3 N–H and O–H groups in total. The lowest BCUT2D eigenvalue weighted by molar-refractivity contribution is -0.384. The number of halogens is 2. The minimum Gasteiger partial charge on any atom is -0.383 e. The Bertz CT molecular complexity index is 651. The molecule has 1 aromatic carbocycles. The number of aromatic nitrogens is 1. The van der Waals surface area contributed by atoms with E-state index in [4.69, 9.17) is 17.3 Å². The molecule has 0 aliphatic carbocycles. The first-order chi connectivity index (χ1) is 8.97. The van der Waals surface area contributed by atoms with Crippen LogP contribution in [0.25, 0.3) is 0 Å². The lowest BCUT2D eigenvalue weighted by atomic mass is 10.3. The first kappa shape index (κ1) is 13.6. The molecule has 0 aliphatic rings. The number of nitro groups is 1. The Kier molecular flexibility index (Phi) is 3.87. The molecule has 0 unspecified atom stereocenters. The van der Waals surface area contributed by atoms with Gasteiger partial charge in [0.15, 0.2) is 0 Å². The van der Waals surface area contributed by atoms with E-state index in [1.54, 1.807) is 18.2 Å². The van der Waals surface area contributed by atoms with E-state index in [0.717, 1.165) is 0 Å². The number of hydrogen-bond acceptors (Lipinski definition) is 5. The molecule has 1 heterocycles. The van der Waals surface area contributed by atoms with Crippen LogP contribution in [0.15, 0.2) is 34.8 Å². The molecule has 0 aliphatic heterocycles. The molecular formula is C11H8BrClN4O2. The van der Waals surface area contributed by atoms with Crippen LogP contribution in [0.4, 0.5) is 23.0 Å². The highest BCUT2D eigenvalue weighted by molar-refractivity contribution is 9.10. The van der Waals surface area contributed by atoms with E-state index in [1.807, 2.05) is 0 Å². The van der Waals surface area contributed by atoms with E-state index in [9.17, 15) is 10.1 Å². The fraction of sp³-hybridized carbons (Fsp3) is 0.